The smallest absolute Gasteiger partial charge is 0.329 e. The average molecular weight is 403 g/mol. The lowest BCUT2D eigenvalue weighted by atomic mass is 10.1. The molecule has 0 aliphatic carbocycles. The lowest BCUT2D eigenvalue weighted by Crippen LogP contribution is -2.30. The van der Waals surface area contributed by atoms with Crippen molar-refractivity contribution in [1.29, 1.82) is 0 Å². The van der Waals surface area contributed by atoms with Crippen LogP contribution in [0.25, 0.3) is 6.08 Å². The van der Waals surface area contributed by atoms with Crippen molar-refractivity contribution in [3.8, 4) is 5.75 Å². The number of urea groups is 1. The van der Waals surface area contributed by atoms with Gasteiger partial charge < -0.3 is 10.1 Å². The summed E-state index contributed by atoms with van der Waals surface area (Å²) in [6, 6.07) is 10.6. The second-order valence-electron chi connectivity index (χ2n) is 6.50. The summed E-state index contributed by atoms with van der Waals surface area (Å²) in [7, 11) is 0. The van der Waals surface area contributed by atoms with Gasteiger partial charge in [0.05, 0.1) is 17.7 Å². The van der Waals surface area contributed by atoms with E-state index in [1.165, 1.54) is 18.2 Å². The zero-order valence-electron chi connectivity index (χ0n) is 15.5. The number of carbonyl (C=O) groups excluding carboxylic acids is 2. The Labute approximate surface area is 167 Å². The first-order valence-corrected chi connectivity index (χ1v) is 9.31. The van der Waals surface area contributed by atoms with Gasteiger partial charge in [-0.1, -0.05) is 42.8 Å². The molecular formula is C21H20ClFN2O3. The molecule has 1 unspecified atom stereocenters. The van der Waals surface area contributed by atoms with Crippen LogP contribution < -0.4 is 10.1 Å². The average Bonchev–Trinajstić information content (AvgIpc) is 2.93. The van der Waals surface area contributed by atoms with E-state index in [4.69, 9.17) is 16.3 Å². The topological polar surface area (TPSA) is 58.6 Å². The number of halogens is 2. The number of ether oxygens (including phenoxy) is 1. The van der Waals surface area contributed by atoms with E-state index in [0.717, 1.165) is 11.3 Å². The number of amides is 3. The fourth-order valence-corrected chi connectivity index (χ4v) is 2.91. The Bertz CT molecular complexity index is 945. The number of hydrogen-bond acceptors (Lipinski definition) is 3. The summed E-state index contributed by atoms with van der Waals surface area (Å²) in [6.45, 7) is 3.82. The van der Waals surface area contributed by atoms with Gasteiger partial charge >= 0.3 is 6.03 Å². The summed E-state index contributed by atoms with van der Waals surface area (Å²) in [4.78, 5) is 25.7. The molecule has 3 amide bonds. The number of nitrogens with one attached hydrogen (secondary N) is 1. The van der Waals surface area contributed by atoms with Crippen molar-refractivity contribution >= 4 is 29.6 Å². The zero-order valence-corrected chi connectivity index (χ0v) is 16.3. The zero-order chi connectivity index (χ0) is 20.3. The normalized spacial score (nSPS) is 16.4. The van der Waals surface area contributed by atoms with E-state index < -0.39 is 17.8 Å². The molecule has 0 saturated carbocycles. The lowest BCUT2D eigenvalue weighted by molar-refractivity contribution is -0.123. The summed E-state index contributed by atoms with van der Waals surface area (Å²) in [5, 5.41) is 2.93. The quantitative estimate of drug-likeness (QED) is 0.560. The van der Waals surface area contributed by atoms with E-state index in [1.807, 2.05) is 13.8 Å². The third kappa shape index (κ3) is 4.34. The molecule has 1 heterocycles. The Hall–Kier alpha value is -2.86. The number of benzene rings is 2. The number of nitrogens with zero attached hydrogens (tertiary/aromatic N) is 1. The fraction of sp³-hybridized carbons (Fsp3) is 0.238. The van der Waals surface area contributed by atoms with E-state index in [-0.39, 0.29) is 23.9 Å². The van der Waals surface area contributed by atoms with E-state index in [1.54, 1.807) is 30.3 Å². The molecule has 1 aliphatic heterocycles. The minimum atomic E-state index is -0.595. The summed E-state index contributed by atoms with van der Waals surface area (Å²) >= 11 is 6.26. The van der Waals surface area contributed by atoms with Crippen LogP contribution in [0.15, 0.2) is 48.2 Å². The monoisotopic (exact) mass is 402 g/mol. The molecule has 3 rings (SSSR count). The van der Waals surface area contributed by atoms with Crippen LogP contribution >= 0.6 is 11.6 Å². The Morgan fingerprint density at radius 3 is 2.68 bits per heavy atom. The van der Waals surface area contributed by atoms with Gasteiger partial charge in [-0.15, -0.1) is 0 Å². The van der Waals surface area contributed by atoms with Crippen LogP contribution in [-0.2, 0) is 11.3 Å². The predicted octanol–water partition coefficient (Wildman–Crippen LogP) is 4.75. The third-order valence-electron chi connectivity index (χ3n) is 4.42. The van der Waals surface area contributed by atoms with Gasteiger partial charge in [-0.05, 0) is 43.2 Å². The molecular weight excluding hydrogens is 383 g/mol. The minimum Gasteiger partial charge on any atom is -0.489 e. The molecule has 1 aliphatic rings. The van der Waals surface area contributed by atoms with Gasteiger partial charge in [0.25, 0.3) is 5.91 Å². The Kier molecular flexibility index (Phi) is 5.99. The van der Waals surface area contributed by atoms with Crippen molar-refractivity contribution in [2.75, 3.05) is 0 Å². The van der Waals surface area contributed by atoms with Crippen LogP contribution in [-0.4, -0.2) is 22.9 Å². The van der Waals surface area contributed by atoms with Gasteiger partial charge in [-0.3, -0.25) is 9.69 Å². The molecule has 7 heteroatoms. The van der Waals surface area contributed by atoms with Crippen molar-refractivity contribution in [3.63, 3.8) is 0 Å². The van der Waals surface area contributed by atoms with E-state index in [9.17, 15) is 14.0 Å². The van der Waals surface area contributed by atoms with Crippen LogP contribution in [0.1, 0.15) is 31.4 Å². The fourth-order valence-electron chi connectivity index (χ4n) is 2.68. The van der Waals surface area contributed by atoms with Crippen molar-refractivity contribution in [3.05, 3.63) is 70.1 Å². The van der Waals surface area contributed by atoms with Gasteiger partial charge in [0, 0.05) is 5.56 Å². The molecule has 1 atom stereocenters. The first-order chi connectivity index (χ1) is 13.4. The maximum absolute atomic E-state index is 13.8. The van der Waals surface area contributed by atoms with E-state index in [0.29, 0.717) is 16.3 Å². The van der Waals surface area contributed by atoms with Gasteiger partial charge in [-0.25, -0.2) is 9.18 Å². The van der Waals surface area contributed by atoms with Crippen molar-refractivity contribution in [2.45, 2.75) is 32.9 Å². The first-order valence-electron chi connectivity index (χ1n) is 8.93. The van der Waals surface area contributed by atoms with Crippen molar-refractivity contribution in [1.82, 2.24) is 10.2 Å². The maximum atomic E-state index is 13.8. The molecule has 1 N–H and O–H groups in total. The molecule has 1 saturated heterocycles. The minimum absolute atomic E-state index is 0.0318. The number of rotatable bonds is 6. The van der Waals surface area contributed by atoms with Gasteiger partial charge in [0.2, 0.25) is 0 Å². The maximum Gasteiger partial charge on any atom is 0.329 e. The molecule has 146 valence electrons. The molecule has 2 aromatic carbocycles. The molecule has 1 fully saturated rings. The SMILES string of the molecule is CCC(C)Oc1ccc(/C=C2\NC(=O)N(Cc3ccccc3F)C2=O)cc1Cl. The highest BCUT2D eigenvalue weighted by molar-refractivity contribution is 6.32. The van der Waals surface area contributed by atoms with Gasteiger partial charge in [-0.2, -0.15) is 0 Å². The predicted molar refractivity (Wildman–Crippen MR) is 105 cm³/mol. The molecule has 2 aromatic rings. The van der Waals surface area contributed by atoms with E-state index in [2.05, 4.69) is 5.32 Å². The Morgan fingerprint density at radius 2 is 2.00 bits per heavy atom. The molecule has 0 radical (unpaired) electrons. The first kappa shape index (κ1) is 19.9. The van der Waals surface area contributed by atoms with Crippen LogP contribution in [0, 0.1) is 5.82 Å². The Balaban J connectivity index is 1.78. The third-order valence-corrected chi connectivity index (χ3v) is 4.71. The van der Waals surface area contributed by atoms with E-state index >= 15 is 0 Å². The number of hydrogen-bond donors (Lipinski definition) is 1. The lowest BCUT2D eigenvalue weighted by Gasteiger charge is -2.14. The largest absolute Gasteiger partial charge is 0.489 e. The highest BCUT2D eigenvalue weighted by Gasteiger charge is 2.34. The number of imide groups is 1. The summed E-state index contributed by atoms with van der Waals surface area (Å²) in [5.41, 5.74) is 1.01. The van der Waals surface area contributed by atoms with Gasteiger partial charge in [0.15, 0.2) is 0 Å². The molecule has 28 heavy (non-hydrogen) atoms. The summed E-state index contributed by atoms with van der Waals surface area (Å²) in [6.07, 6.45) is 2.41. The van der Waals surface area contributed by atoms with Crippen LogP contribution in [0.4, 0.5) is 9.18 Å². The van der Waals surface area contributed by atoms with Crippen LogP contribution in [0.3, 0.4) is 0 Å². The van der Waals surface area contributed by atoms with Crippen LogP contribution in [0.5, 0.6) is 5.75 Å². The number of carbonyl (C=O) groups is 2. The second-order valence-corrected chi connectivity index (χ2v) is 6.90. The van der Waals surface area contributed by atoms with Crippen molar-refractivity contribution in [2.24, 2.45) is 0 Å². The molecule has 0 aromatic heterocycles. The standard InChI is InChI=1S/C21H20ClFN2O3/c1-3-13(2)28-19-9-8-14(10-16(19)22)11-18-20(26)25(21(27)24-18)12-15-6-4-5-7-17(15)23/h4-11,13H,3,12H2,1-2H3,(H,24,27)/b18-11-. The molecule has 0 spiro atoms. The highest BCUT2D eigenvalue weighted by atomic mass is 35.5. The summed E-state index contributed by atoms with van der Waals surface area (Å²) in [5.74, 6) is -0.436. The van der Waals surface area contributed by atoms with Gasteiger partial charge in [0.1, 0.15) is 17.3 Å². The molecule has 0 bridgehead atoms. The highest BCUT2D eigenvalue weighted by Crippen LogP contribution is 2.28. The second kappa shape index (κ2) is 8.44. The Morgan fingerprint density at radius 1 is 1.25 bits per heavy atom. The molecule has 5 nitrogen and oxygen atoms in total. The summed E-state index contributed by atoms with van der Waals surface area (Å²) < 4.78 is 19.5. The van der Waals surface area contributed by atoms with Crippen molar-refractivity contribution < 1.29 is 18.7 Å². The van der Waals surface area contributed by atoms with Crippen LogP contribution in [0.2, 0.25) is 5.02 Å².